The number of carbonyl (C=O) groups excluding carboxylic acids is 1. The second kappa shape index (κ2) is 8.73. The van der Waals surface area contributed by atoms with Crippen LogP contribution >= 0.6 is 0 Å². The highest BCUT2D eigenvalue weighted by Crippen LogP contribution is 2.26. The summed E-state index contributed by atoms with van der Waals surface area (Å²) in [6, 6.07) is 5.93. The Morgan fingerprint density at radius 3 is 1.96 bits per heavy atom. The van der Waals surface area contributed by atoms with Gasteiger partial charge in [0.25, 0.3) is 5.91 Å². The number of hydrogen-bond acceptors (Lipinski definition) is 5. The Morgan fingerprint density at radius 2 is 1.46 bits per heavy atom. The van der Waals surface area contributed by atoms with Crippen molar-refractivity contribution >= 4 is 5.91 Å². The Labute approximate surface area is 156 Å². The molecule has 2 aliphatic rings. The smallest absolute Gasteiger partial charge is 0.254 e. The van der Waals surface area contributed by atoms with Crippen molar-refractivity contribution in [2.75, 3.05) is 47.5 Å². The van der Waals surface area contributed by atoms with Crippen molar-refractivity contribution in [1.82, 2.24) is 9.80 Å². The Bertz CT molecular complexity index is 584. The normalized spacial score (nSPS) is 20.2. The highest BCUT2D eigenvalue weighted by Gasteiger charge is 2.30. The standard InChI is InChI=1S/C20H30N2O4/c1-24-17-6-10-21(11-7-17)16-4-8-22(9-5-16)20(23)15-12-18(25-2)14-19(13-15)26-3/h12-14,16-17H,4-11H2,1-3H3. The van der Waals surface area contributed by atoms with Crippen molar-refractivity contribution in [3.63, 3.8) is 0 Å². The molecule has 0 N–H and O–H groups in total. The number of likely N-dealkylation sites (tertiary alicyclic amines) is 2. The van der Waals surface area contributed by atoms with E-state index in [4.69, 9.17) is 14.2 Å². The predicted molar refractivity (Wildman–Crippen MR) is 100 cm³/mol. The largest absolute Gasteiger partial charge is 0.497 e. The first-order valence-corrected chi connectivity index (χ1v) is 9.43. The third-order valence-electron chi connectivity index (χ3n) is 5.68. The molecule has 26 heavy (non-hydrogen) atoms. The first-order chi connectivity index (χ1) is 12.6. The van der Waals surface area contributed by atoms with Crippen LogP contribution in [0.1, 0.15) is 36.0 Å². The van der Waals surface area contributed by atoms with Crippen LogP contribution in [0.15, 0.2) is 18.2 Å². The zero-order chi connectivity index (χ0) is 18.5. The quantitative estimate of drug-likeness (QED) is 0.805. The van der Waals surface area contributed by atoms with Crippen LogP contribution < -0.4 is 9.47 Å². The SMILES string of the molecule is COc1cc(OC)cc(C(=O)N2CCC(N3CCC(OC)CC3)CC2)c1. The topological polar surface area (TPSA) is 51.2 Å². The lowest BCUT2D eigenvalue weighted by molar-refractivity contribution is 0.0145. The van der Waals surface area contributed by atoms with Gasteiger partial charge in [-0.3, -0.25) is 4.79 Å². The molecule has 2 aliphatic heterocycles. The van der Waals surface area contributed by atoms with Crippen molar-refractivity contribution in [3.8, 4) is 11.5 Å². The molecule has 6 heteroatoms. The van der Waals surface area contributed by atoms with Gasteiger partial charge in [-0.05, 0) is 37.8 Å². The van der Waals surface area contributed by atoms with Crippen LogP contribution in [-0.4, -0.2) is 75.4 Å². The molecule has 0 unspecified atom stereocenters. The van der Waals surface area contributed by atoms with E-state index in [2.05, 4.69) is 4.90 Å². The van der Waals surface area contributed by atoms with Gasteiger partial charge in [-0.15, -0.1) is 0 Å². The van der Waals surface area contributed by atoms with Crippen molar-refractivity contribution < 1.29 is 19.0 Å². The van der Waals surface area contributed by atoms with Gasteiger partial charge in [0.15, 0.2) is 0 Å². The van der Waals surface area contributed by atoms with Gasteiger partial charge in [0, 0.05) is 51.0 Å². The van der Waals surface area contributed by atoms with Gasteiger partial charge >= 0.3 is 0 Å². The zero-order valence-electron chi connectivity index (χ0n) is 16.1. The molecular weight excluding hydrogens is 332 g/mol. The van der Waals surface area contributed by atoms with Gasteiger partial charge < -0.3 is 24.0 Å². The minimum atomic E-state index is 0.0544. The summed E-state index contributed by atoms with van der Waals surface area (Å²) in [7, 11) is 5.00. The lowest BCUT2D eigenvalue weighted by Crippen LogP contribution is -2.49. The molecule has 0 spiro atoms. The van der Waals surface area contributed by atoms with E-state index in [9.17, 15) is 4.79 Å². The molecule has 144 valence electrons. The summed E-state index contributed by atoms with van der Waals surface area (Å²) in [5.74, 6) is 1.34. The van der Waals surface area contributed by atoms with E-state index >= 15 is 0 Å². The van der Waals surface area contributed by atoms with Crippen LogP contribution in [0.25, 0.3) is 0 Å². The third kappa shape index (κ3) is 4.30. The second-order valence-corrected chi connectivity index (χ2v) is 7.10. The monoisotopic (exact) mass is 362 g/mol. The van der Waals surface area contributed by atoms with Crippen molar-refractivity contribution in [2.45, 2.75) is 37.8 Å². The van der Waals surface area contributed by atoms with Gasteiger partial charge in [-0.25, -0.2) is 0 Å². The first kappa shape index (κ1) is 19.0. The Morgan fingerprint density at radius 1 is 0.885 bits per heavy atom. The number of nitrogens with zero attached hydrogens (tertiary/aromatic N) is 2. The Hall–Kier alpha value is -1.79. The van der Waals surface area contributed by atoms with Gasteiger partial charge in [0.1, 0.15) is 11.5 Å². The Balaban J connectivity index is 1.57. The fourth-order valence-corrected chi connectivity index (χ4v) is 4.02. The molecule has 2 heterocycles. The molecule has 1 aromatic carbocycles. The maximum atomic E-state index is 12.9. The molecule has 0 aliphatic carbocycles. The van der Waals surface area contributed by atoms with Crippen molar-refractivity contribution in [1.29, 1.82) is 0 Å². The van der Waals surface area contributed by atoms with Crippen LogP contribution in [0.3, 0.4) is 0 Å². The molecule has 0 radical (unpaired) electrons. The summed E-state index contributed by atoms with van der Waals surface area (Å²) in [5.41, 5.74) is 0.626. The van der Waals surface area contributed by atoms with E-state index in [1.165, 1.54) is 0 Å². The van der Waals surface area contributed by atoms with E-state index in [0.717, 1.165) is 51.9 Å². The van der Waals surface area contributed by atoms with E-state index in [1.54, 1.807) is 39.5 Å². The van der Waals surface area contributed by atoms with Gasteiger partial charge in [-0.1, -0.05) is 0 Å². The molecule has 0 atom stereocenters. The molecule has 0 aromatic heterocycles. The molecule has 2 saturated heterocycles. The average molecular weight is 362 g/mol. The van der Waals surface area contributed by atoms with Gasteiger partial charge in [-0.2, -0.15) is 0 Å². The van der Waals surface area contributed by atoms with Crippen LogP contribution in [0.5, 0.6) is 11.5 Å². The lowest BCUT2D eigenvalue weighted by Gasteiger charge is -2.41. The molecule has 1 aromatic rings. The van der Waals surface area contributed by atoms with Gasteiger partial charge in [0.2, 0.25) is 0 Å². The summed E-state index contributed by atoms with van der Waals surface area (Å²) >= 11 is 0. The summed E-state index contributed by atoms with van der Waals surface area (Å²) < 4.78 is 16.0. The third-order valence-corrected chi connectivity index (χ3v) is 5.68. The van der Waals surface area contributed by atoms with Crippen LogP contribution in [-0.2, 0) is 4.74 Å². The number of amides is 1. The maximum absolute atomic E-state index is 12.9. The average Bonchev–Trinajstić information content (AvgIpc) is 2.73. The van der Waals surface area contributed by atoms with E-state index in [-0.39, 0.29) is 5.91 Å². The summed E-state index contributed by atoms with van der Waals surface area (Å²) in [6.07, 6.45) is 4.70. The number of rotatable bonds is 5. The van der Waals surface area contributed by atoms with Crippen LogP contribution in [0.4, 0.5) is 0 Å². The van der Waals surface area contributed by atoms with Crippen molar-refractivity contribution in [2.24, 2.45) is 0 Å². The highest BCUT2D eigenvalue weighted by atomic mass is 16.5. The summed E-state index contributed by atoms with van der Waals surface area (Å²) in [4.78, 5) is 17.4. The van der Waals surface area contributed by atoms with Crippen LogP contribution in [0, 0.1) is 0 Å². The fraction of sp³-hybridized carbons (Fsp3) is 0.650. The molecular formula is C20H30N2O4. The first-order valence-electron chi connectivity index (χ1n) is 9.43. The molecule has 0 saturated carbocycles. The summed E-state index contributed by atoms with van der Waals surface area (Å²) in [5, 5.41) is 0. The number of ether oxygens (including phenoxy) is 3. The highest BCUT2D eigenvalue weighted by molar-refractivity contribution is 5.95. The lowest BCUT2D eigenvalue weighted by atomic mass is 9.98. The van der Waals surface area contributed by atoms with Gasteiger partial charge in [0.05, 0.1) is 20.3 Å². The number of carbonyl (C=O) groups is 1. The molecule has 1 amide bonds. The minimum Gasteiger partial charge on any atom is -0.497 e. The zero-order valence-corrected chi connectivity index (χ0v) is 16.1. The van der Waals surface area contributed by atoms with Crippen molar-refractivity contribution in [3.05, 3.63) is 23.8 Å². The minimum absolute atomic E-state index is 0.0544. The maximum Gasteiger partial charge on any atom is 0.254 e. The number of benzene rings is 1. The van der Waals surface area contributed by atoms with E-state index < -0.39 is 0 Å². The molecule has 2 fully saturated rings. The molecule has 0 bridgehead atoms. The second-order valence-electron chi connectivity index (χ2n) is 7.10. The predicted octanol–water partition coefficient (Wildman–Crippen LogP) is 2.42. The summed E-state index contributed by atoms with van der Waals surface area (Å²) in [6.45, 7) is 3.80. The number of piperidine rings is 2. The number of hydrogen-bond donors (Lipinski definition) is 0. The number of methoxy groups -OCH3 is 3. The van der Waals surface area contributed by atoms with Crippen LogP contribution in [0.2, 0.25) is 0 Å². The molecule has 6 nitrogen and oxygen atoms in total. The van der Waals surface area contributed by atoms with E-state index in [0.29, 0.717) is 29.2 Å². The fourth-order valence-electron chi connectivity index (χ4n) is 4.02. The van der Waals surface area contributed by atoms with E-state index in [1.807, 2.05) is 4.90 Å². The molecule has 3 rings (SSSR count). The Kier molecular flexibility index (Phi) is 6.38.